The van der Waals surface area contributed by atoms with Crippen molar-refractivity contribution in [3.63, 3.8) is 0 Å². The van der Waals surface area contributed by atoms with Crippen LogP contribution in [0.4, 0.5) is 0 Å². The van der Waals surface area contributed by atoms with Crippen molar-refractivity contribution >= 4 is 5.71 Å². The summed E-state index contributed by atoms with van der Waals surface area (Å²) in [5, 5.41) is 7.09. The van der Waals surface area contributed by atoms with E-state index in [1.165, 1.54) is 0 Å². The molecule has 2 nitrogen and oxygen atoms in total. The minimum Gasteiger partial charge on any atom is -0.306 e. The third-order valence-electron chi connectivity index (χ3n) is 1.32. The fourth-order valence-electron chi connectivity index (χ4n) is 0.539. The number of nitrogens with one attached hydrogen (secondary N) is 1. The van der Waals surface area contributed by atoms with E-state index in [1.54, 1.807) is 6.92 Å². The van der Waals surface area contributed by atoms with Crippen molar-refractivity contribution in [2.24, 2.45) is 0 Å². The highest BCUT2D eigenvalue weighted by molar-refractivity contribution is 5.89. The molecule has 10 heavy (non-hydrogen) atoms. The fourth-order valence-corrected chi connectivity index (χ4v) is 0.539. The molecule has 0 heterocycles. The second-order valence-electron chi connectivity index (χ2n) is 2.44. The topological polar surface area (TPSA) is 27.1 Å². The normalized spacial score (nSPS) is 11.2. The van der Waals surface area contributed by atoms with Crippen molar-refractivity contribution in [2.45, 2.75) is 13.8 Å². The van der Waals surface area contributed by atoms with E-state index in [2.05, 4.69) is 18.9 Å². The maximum atomic E-state index is 7.09. The Labute approximate surface area is 63.0 Å². The molecule has 1 N–H and O–H groups in total. The van der Waals surface area contributed by atoms with Crippen LogP contribution in [-0.4, -0.2) is 30.7 Å². The summed E-state index contributed by atoms with van der Waals surface area (Å²) in [6.07, 6.45) is 3.83. The molecule has 0 fully saturated rings. The lowest BCUT2D eigenvalue weighted by atomic mass is 10.3. The molecule has 0 rings (SSSR count). The number of hydrogen-bond acceptors (Lipinski definition) is 2. The van der Waals surface area contributed by atoms with Crippen LogP contribution in [0.2, 0.25) is 0 Å². The number of rotatable bonds is 4. The molecule has 0 amide bonds. The van der Waals surface area contributed by atoms with E-state index < -0.39 is 0 Å². The molecular formula is C8H16N2. The van der Waals surface area contributed by atoms with Crippen molar-refractivity contribution in [1.29, 1.82) is 5.41 Å². The SMILES string of the molecule is CCN(C)C/C=C/C(C)=N. The molecule has 0 aliphatic carbocycles. The van der Waals surface area contributed by atoms with E-state index in [0.717, 1.165) is 13.1 Å². The van der Waals surface area contributed by atoms with Gasteiger partial charge in [0, 0.05) is 12.3 Å². The average Bonchev–Trinajstić information content (AvgIpc) is 1.87. The first-order chi connectivity index (χ1) is 4.66. The van der Waals surface area contributed by atoms with Gasteiger partial charge in [-0.15, -0.1) is 0 Å². The molecule has 0 radical (unpaired) electrons. The average molecular weight is 140 g/mol. The molecular weight excluding hydrogens is 124 g/mol. The summed E-state index contributed by atoms with van der Waals surface area (Å²) in [6, 6.07) is 0. The Morgan fingerprint density at radius 1 is 1.60 bits per heavy atom. The smallest absolute Gasteiger partial charge is 0.0280 e. The van der Waals surface area contributed by atoms with Gasteiger partial charge in [-0.25, -0.2) is 0 Å². The van der Waals surface area contributed by atoms with Crippen LogP contribution in [0.15, 0.2) is 12.2 Å². The van der Waals surface area contributed by atoms with E-state index in [9.17, 15) is 0 Å². The Kier molecular flexibility index (Phi) is 4.85. The Hall–Kier alpha value is -0.630. The van der Waals surface area contributed by atoms with Gasteiger partial charge in [0.25, 0.3) is 0 Å². The van der Waals surface area contributed by atoms with Gasteiger partial charge in [-0.3, -0.25) is 0 Å². The Bertz CT molecular complexity index is 127. The summed E-state index contributed by atoms with van der Waals surface area (Å²) in [6.45, 7) is 5.89. The third-order valence-corrected chi connectivity index (χ3v) is 1.32. The van der Waals surface area contributed by atoms with Gasteiger partial charge in [0.1, 0.15) is 0 Å². The summed E-state index contributed by atoms with van der Waals surface area (Å²) < 4.78 is 0. The molecule has 0 unspecified atom stereocenters. The van der Waals surface area contributed by atoms with Gasteiger partial charge >= 0.3 is 0 Å². The summed E-state index contributed by atoms with van der Waals surface area (Å²) in [5.41, 5.74) is 0.615. The number of likely N-dealkylation sites (N-methyl/N-ethyl adjacent to an activating group) is 1. The first-order valence-electron chi connectivity index (χ1n) is 3.57. The summed E-state index contributed by atoms with van der Waals surface area (Å²) in [4.78, 5) is 2.18. The second-order valence-corrected chi connectivity index (χ2v) is 2.44. The van der Waals surface area contributed by atoms with Crippen LogP contribution in [0.5, 0.6) is 0 Å². The van der Waals surface area contributed by atoms with Gasteiger partial charge in [-0.2, -0.15) is 0 Å². The lowest BCUT2D eigenvalue weighted by Gasteiger charge is -2.08. The molecule has 2 heteroatoms. The van der Waals surface area contributed by atoms with Crippen LogP contribution < -0.4 is 0 Å². The lowest BCUT2D eigenvalue weighted by molar-refractivity contribution is 0.392. The van der Waals surface area contributed by atoms with E-state index in [0.29, 0.717) is 5.71 Å². The highest BCUT2D eigenvalue weighted by Crippen LogP contribution is 1.82. The van der Waals surface area contributed by atoms with Crippen LogP contribution in [0.3, 0.4) is 0 Å². The fraction of sp³-hybridized carbons (Fsp3) is 0.625. The Morgan fingerprint density at radius 3 is 2.60 bits per heavy atom. The maximum absolute atomic E-state index is 7.09. The third kappa shape index (κ3) is 5.51. The van der Waals surface area contributed by atoms with Crippen LogP contribution in [-0.2, 0) is 0 Å². The zero-order chi connectivity index (χ0) is 7.98. The molecule has 0 bridgehead atoms. The molecule has 0 aromatic rings. The van der Waals surface area contributed by atoms with Gasteiger partial charge in [-0.1, -0.05) is 13.0 Å². The number of hydrogen-bond donors (Lipinski definition) is 1. The van der Waals surface area contributed by atoms with E-state index in [-0.39, 0.29) is 0 Å². The van der Waals surface area contributed by atoms with Crippen LogP contribution in [0.1, 0.15) is 13.8 Å². The molecule has 0 atom stereocenters. The highest BCUT2D eigenvalue weighted by Gasteiger charge is 1.86. The molecule has 0 aliphatic rings. The lowest BCUT2D eigenvalue weighted by Crippen LogP contribution is -2.17. The number of allylic oxidation sites excluding steroid dienone is 1. The molecule has 0 aromatic heterocycles. The minimum absolute atomic E-state index is 0.615. The van der Waals surface area contributed by atoms with E-state index in [4.69, 9.17) is 5.41 Å². The molecule has 0 saturated heterocycles. The van der Waals surface area contributed by atoms with Crippen molar-refractivity contribution in [1.82, 2.24) is 4.90 Å². The largest absolute Gasteiger partial charge is 0.306 e. The van der Waals surface area contributed by atoms with Crippen molar-refractivity contribution in [2.75, 3.05) is 20.1 Å². The molecule has 0 saturated carbocycles. The summed E-state index contributed by atoms with van der Waals surface area (Å²) in [7, 11) is 2.06. The minimum atomic E-state index is 0.615. The first kappa shape index (κ1) is 9.37. The van der Waals surface area contributed by atoms with Crippen LogP contribution >= 0.6 is 0 Å². The molecule has 58 valence electrons. The quantitative estimate of drug-likeness (QED) is 0.589. The van der Waals surface area contributed by atoms with E-state index in [1.807, 2.05) is 12.2 Å². The summed E-state index contributed by atoms with van der Waals surface area (Å²) >= 11 is 0. The zero-order valence-electron chi connectivity index (χ0n) is 7.02. The molecule has 0 aromatic carbocycles. The van der Waals surface area contributed by atoms with Crippen molar-refractivity contribution in [3.05, 3.63) is 12.2 Å². The van der Waals surface area contributed by atoms with Crippen molar-refractivity contribution < 1.29 is 0 Å². The number of nitrogens with zero attached hydrogens (tertiary/aromatic N) is 1. The van der Waals surface area contributed by atoms with Gasteiger partial charge in [0.2, 0.25) is 0 Å². The Morgan fingerprint density at radius 2 is 2.20 bits per heavy atom. The zero-order valence-corrected chi connectivity index (χ0v) is 7.02. The molecule has 0 spiro atoms. The maximum Gasteiger partial charge on any atom is 0.0280 e. The summed E-state index contributed by atoms with van der Waals surface area (Å²) in [5.74, 6) is 0. The highest BCUT2D eigenvalue weighted by atomic mass is 15.1. The molecule has 0 aliphatic heterocycles. The van der Waals surface area contributed by atoms with Crippen LogP contribution in [0.25, 0.3) is 0 Å². The van der Waals surface area contributed by atoms with Gasteiger partial charge < -0.3 is 10.3 Å². The predicted molar refractivity (Wildman–Crippen MR) is 45.7 cm³/mol. The second kappa shape index (κ2) is 5.18. The van der Waals surface area contributed by atoms with Crippen molar-refractivity contribution in [3.8, 4) is 0 Å². The monoisotopic (exact) mass is 140 g/mol. The standard InChI is InChI=1S/C8H16N2/c1-4-10(3)7-5-6-8(2)9/h5-6,9H,4,7H2,1-3H3/b6-5+,9-8?. The Balaban J connectivity index is 3.43. The van der Waals surface area contributed by atoms with Crippen LogP contribution in [0, 0.1) is 5.41 Å². The van der Waals surface area contributed by atoms with Gasteiger partial charge in [0.15, 0.2) is 0 Å². The predicted octanol–water partition coefficient (Wildman–Crippen LogP) is 1.53. The van der Waals surface area contributed by atoms with E-state index >= 15 is 0 Å². The first-order valence-corrected chi connectivity index (χ1v) is 3.57. The van der Waals surface area contributed by atoms with Gasteiger partial charge in [-0.05, 0) is 26.6 Å². The van der Waals surface area contributed by atoms with Gasteiger partial charge in [0.05, 0.1) is 0 Å².